The van der Waals surface area contributed by atoms with Gasteiger partial charge >= 0.3 is 0 Å². The third-order valence-corrected chi connectivity index (χ3v) is 6.86. The predicted molar refractivity (Wildman–Crippen MR) is 135 cm³/mol. The molecule has 0 aliphatic heterocycles. The van der Waals surface area contributed by atoms with Crippen LogP contribution in [-0.2, 0) is 19.1 Å². The average molecular weight is 621 g/mol. The molecule has 2 aromatic rings. The number of halogens is 3. The Morgan fingerprint density at radius 2 is 1.03 bits per heavy atom. The Morgan fingerprint density at radius 3 is 1.29 bits per heavy atom. The van der Waals surface area contributed by atoms with Gasteiger partial charge in [0.05, 0.1) is 9.79 Å². The Bertz CT molecular complexity index is 1020. The summed E-state index contributed by atoms with van der Waals surface area (Å²) in [5.41, 5.74) is 4.89. The highest BCUT2D eigenvalue weighted by Crippen LogP contribution is 2.18. The molecule has 0 heterocycles. The Labute approximate surface area is 207 Å². The molecular weight excluding hydrogens is 592 g/mol. The molecule has 31 heavy (non-hydrogen) atoms. The summed E-state index contributed by atoms with van der Waals surface area (Å²) < 4.78 is 49.3. The van der Waals surface area contributed by atoms with Crippen LogP contribution in [0.4, 0.5) is 0 Å². The summed E-state index contributed by atoms with van der Waals surface area (Å²) in [5.74, 6) is 0. The summed E-state index contributed by atoms with van der Waals surface area (Å²) in [4.78, 5) is 0.392. The zero-order valence-electron chi connectivity index (χ0n) is 18.3. The van der Waals surface area contributed by atoms with Gasteiger partial charge in [0.1, 0.15) is 0 Å². The fourth-order valence-corrected chi connectivity index (χ4v) is 4.39. The number of hydrogen-bond acceptors (Lipinski definition) is 5. The zero-order valence-corrected chi connectivity index (χ0v) is 23.8. The van der Waals surface area contributed by atoms with Gasteiger partial charge in [0.15, 0.2) is 0 Å². The fraction of sp³-hybridized carbons (Fsp3) is 0.400. The number of sulfonamides is 1. The van der Waals surface area contributed by atoms with E-state index in [2.05, 4.69) is 36.6 Å². The van der Waals surface area contributed by atoms with E-state index in [0.717, 1.165) is 8.95 Å². The van der Waals surface area contributed by atoms with Crippen molar-refractivity contribution in [3.05, 3.63) is 57.5 Å². The molecule has 0 amide bonds. The molecule has 0 saturated heterocycles. The topological polar surface area (TPSA) is 106 Å². The number of nitrogens with one attached hydrogen (secondary N) is 1. The first-order chi connectivity index (χ1) is 13.7. The molecule has 11 heteroatoms. The Balaban J connectivity index is 0.000000492. The maximum absolute atomic E-state index is 11.8. The zero-order chi connectivity index (χ0) is 24.7. The summed E-state index contributed by atoms with van der Waals surface area (Å²) in [6.45, 7) is 11.3. The number of benzene rings is 2. The lowest BCUT2D eigenvalue weighted by Crippen LogP contribution is -2.40. The molecule has 0 aliphatic rings. The summed E-state index contributed by atoms with van der Waals surface area (Å²) in [7, 11) is -1.91. The molecule has 0 spiro atoms. The second kappa shape index (κ2) is 12.1. The molecule has 0 aliphatic carbocycles. The van der Waals surface area contributed by atoms with E-state index in [9.17, 15) is 16.8 Å². The number of rotatable bonds is 3. The Kier molecular flexibility index (Phi) is 11.9. The first-order valence-corrected chi connectivity index (χ1v) is 14.4. The fourth-order valence-electron chi connectivity index (χ4n) is 1.67. The summed E-state index contributed by atoms with van der Waals surface area (Å²) in [6.07, 6.45) is 0. The quantitative estimate of drug-likeness (QED) is 0.432. The predicted octanol–water partition coefficient (Wildman–Crippen LogP) is 5.65. The van der Waals surface area contributed by atoms with Crippen LogP contribution in [0.1, 0.15) is 41.5 Å². The molecule has 0 fully saturated rings. The Hall–Kier alpha value is -0.490. The summed E-state index contributed by atoms with van der Waals surface area (Å²) in [5, 5.41) is 0. The van der Waals surface area contributed by atoms with Gasteiger partial charge in [0, 0.05) is 30.7 Å². The highest BCUT2D eigenvalue weighted by molar-refractivity contribution is 9.10. The van der Waals surface area contributed by atoms with E-state index < -0.39 is 24.6 Å². The van der Waals surface area contributed by atoms with Crippen molar-refractivity contribution in [2.24, 2.45) is 5.73 Å². The van der Waals surface area contributed by atoms with E-state index in [1.165, 1.54) is 12.1 Å². The molecule has 0 radical (unpaired) electrons. The maximum atomic E-state index is 11.8. The molecule has 6 nitrogen and oxygen atoms in total. The molecule has 0 atom stereocenters. The van der Waals surface area contributed by atoms with E-state index in [1.54, 1.807) is 36.4 Å². The van der Waals surface area contributed by atoms with Gasteiger partial charge in [-0.15, -0.1) is 0 Å². The van der Waals surface area contributed by atoms with E-state index in [-0.39, 0.29) is 15.3 Å². The van der Waals surface area contributed by atoms with Crippen molar-refractivity contribution in [2.45, 2.75) is 62.4 Å². The minimum atomic E-state index is -3.57. The largest absolute Gasteiger partial charge is 0.326 e. The number of nitrogens with two attached hydrogens (primary N) is 1. The smallest absolute Gasteiger partial charge is 0.261 e. The van der Waals surface area contributed by atoms with Gasteiger partial charge in [-0.25, -0.2) is 21.6 Å². The molecule has 2 rings (SSSR count). The van der Waals surface area contributed by atoms with Crippen molar-refractivity contribution >= 4 is 61.6 Å². The molecule has 0 saturated carbocycles. The molecule has 0 unspecified atom stereocenters. The van der Waals surface area contributed by atoms with Crippen molar-refractivity contribution in [1.29, 1.82) is 0 Å². The highest BCUT2D eigenvalue weighted by Gasteiger charge is 2.21. The SMILES string of the molecule is CC(C)(C)N.CC(C)(C)NS(=O)(=O)c1ccc(Br)cc1.O=S(=O)(Cl)c1ccc(Br)cc1. The second-order valence-electron chi connectivity index (χ2n) is 8.57. The van der Waals surface area contributed by atoms with Crippen molar-refractivity contribution in [1.82, 2.24) is 4.72 Å². The lowest BCUT2D eigenvalue weighted by atomic mass is 10.1. The van der Waals surface area contributed by atoms with Gasteiger partial charge in [-0.1, -0.05) is 31.9 Å². The van der Waals surface area contributed by atoms with Crippen LogP contribution in [0.15, 0.2) is 67.3 Å². The molecule has 0 bridgehead atoms. The normalized spacial score (nSPS) is 12.2. The van der Waals surface area contributed by atoms with Crippen LogP contribution in [-0.4, -0.2) is 27.9 Å². The first-order valence-electron chi connectivity index (χ1n) is 8.99. The Morgan fingerprint density at radius 1 is 0.742 bits per heavy atom. The number of hydrogen-bond donors (Lipinski definition) is 2. The minimum Gasteiger partial charge on any atom is -0.326 e. The third-order valence-electron chi connectivity index (χ3n) is 2.66. The van der Waals surface area contributed by atoms with Crippen molar-refractivity contribution in [2.75, 3.05) is 0 Å². The summed E-state index contributed by atoms with van der Waals surface area (Å²) in [6, 6.07) is 12.7. The van der Waals surface area contributed by atoms with Crippen molar-refractivity contribution in [3.63, 3.8) is 0 Å². The monoisotopic (exact) mass is 618 g/mol. The maximum Gasteiger partial charge on any atom is 0.261 e. The molecule has 3 N–H and O–H groups in total. The van der Waals surface area contributed by atoms with Crippen molar-refractivity contribution < 1.29 is 16.8 Å². The van der Waals surface area contributed by atoms with Crippen LogP contribution in [0.2, 0.25) is 0 Å². The lowest BCUT2D eigenvalue weighted by molar-refractivity contribution is 0.491. The van der Waals surface area contributed by atoms with Crippen LogP contribution >= 0.6 is 42.5 Å². The van der Waals surface area contributed by atoms with Crippen molar-refractivity contribution in [3.8, 4) is 0 Å². The first kappa shape index (κ1) is 30.5. The second-order valence-corrected chi connectivity index (χ2v) is 14.6. The standard InChI is InChI=1S/C10H14BrNO2S.C6H4BrClO2S.C4H11N/c1-10(2,3)12-15(13,14)9-6-4-8(11)5-7-9;7-5-1-3-6(4-2-5)11(8,9)10;1-4(2,3)5/h4-7,12H,1-3H3;1-4H;5H2,1-3H3. The van der Waals surface area contributed by atoms with Gasteiger partial charge in [-0.3, -0.25) is 0 Å². The van der Waals surface area contributed by atoms with E-state index in [0.29, 0.717) is 0 Å². The molecule has 176 valence electrons. The lowest BCUT2D eigenvalue weighted by Gasteiger charge is -2.20. The van der Waals surface area contributed by atoms with Crippen LogP contribution in [0, 0.1) is 0 Å². The van der Waals surface area contributed by atoms with Crippen LogP contribution in [0.25, 0.3) is 0 Å². The third kappa shape index (κ3) is 15.9. The summed E-state index contributed by atoms with van der Waals surface area (Å²) >= 11 is 6.43. The van der Waals surface area contributed by atoms with Gasteiger partial charge in [0.2, 0.25) is 10.0 Å². The van der Waals surface area contributed by atoms with Gasteiger partial charge in [0.25, 0.3) is 9.05 Å². The van der Waals surface area contributed by atoms with Crippen LogP contribution in [0.3, 0.4) is 0 Å². The van der Waals surface area contributed by atoms with Gasteiger partial charge in [-0.2, -0.15) is 0 Å². The van der Waals surface area contributed by atoms with Gasteiger partial charge in [-0.05, 0) is 90.1 Å². The highest BCUT2D eigenvalue weighted by atomic mass is 79.9. The average Bonchev–Trinajstić information content (AvgIpc) is 2.51. The van der Waals surface area contributed by atoms with Gasteiger partial charge < -0.3 is 5.73 Å². The van der Waals surface area contributed by atoms with Crippen LogP contribution < -0.4 is 10.5 Å². The van der Waals surface area contributed by atoms with Crippen LogP contribution in [0.5, 0.6) is 0 Å². The molecular formula is C20H29Br2ClN2O4S2. The van der Waals surface area contributed by atoms with E-state index in [4.69, 9.17) is 16.4 Å². The van der Waals surface area contributed by atoms with E-state index >= 15 is 0 Å². The molecule has 2 aromatic carbocycles. The van der Waals surface area contributed by atoms with E-state index in [1.807, 2.05) is 41.5 Å². The minimum absolute atomic E-state index is 0. The molecule has 0 aromatic heterocycles.